The number of benzene rings is 1. The van der Waals surface area contributed by atoms with Gasteiger partial charge in [0.1, 0.15) is 17.2 Å². The Morgan fingerprint density at radius 3 is 2.42 bits per heavy atom. The number of aliphatic imine (C=N–C) groups is 1. The molecule has 3 heterocycles. The van der Waals surface area contributed by atoms with Crippen molar-refractivity contribution < 1.29 is 22.4 Å². The summed E-state index contributed by atoms with van der Waals surface area (Å²) in [5.74, 6) is -0.819. The topological polar surface area (TPSA) is 68.5 Å². The molecule has 0 unspecified atom stereocenters. The lowest BCUT2D eigenvalue weighted by Crippen LogP contribution is -2.41. The van der Waals surface area contributed by atoms with Crippen molar-refractivity contribution in [3.63, 3.8) is 0 Å². The van der Waals surface area contributed by atoms with Crippen LogP contribution in [-0.2, 0) is 5.54 Å². The number of pyridine rings is 2. The lowest BCUT2D eigenvalue weighted by atomic mass is 9.79. The van der Waals surface area contributed by atoms with Crippen LogP contribution in [0.3, 0.4) is 0 Å². The molecule has 160 valence electrons. The first-order valence-corrected chi connectivity index (χ1v) is 9.22. The van der Waals surface area contributed by atoms with E-state index in [1.165, 1.54) is 36.5 Å². The van der Waals surface area contributed by atoms with Crippen molar-refractivity contribution in [2.45, 2.75) is 25.1 Å². The van der Waals surface area contributed by atoms with Gasteiger partial charge in [-0.1, -0.05) is 18.2 Å². The molecule has 0 saturated carbocycles. The standard InChI is InChI=1S/C21H16F4N4O2/c1-12-21(14-3-6-16(22)7-4-14,15-5-8-17(23)26-10-15)28-19(27-12)13-2-9-18(30)29(11-13)31-20(24)25/h2-12,20H,1H3,(H,27,28)/t12-,21-/m0/s1. The van der Waals surface area contributed by atoms with E-state index in [1.54, 1.807) is 12.1 Å². The molecule has 1 N–H and O–H groups in total. The minimum absolute atomic E-state index is 0.285. The third-order valence-electron chi connectivity index (χ3n) is 5.07. The molecule has 0 saturated heterocycles. The van der Waals surface area contributed by atoms with Gasteiger partial charge in [-0.2, -0.15) is 13.2 Å². The van der Waals surface area contributed by atoms with Gasteiger partial charge >= 0.3 is 6.61 Å². The van der Waals surface area contributed by atoms with Gasteiger partial charge in [0, 0.05) is 23.4 Å². The number of amidine groups is 1. The summed E-state index contributed by atoms with van der Waals surface area (Å²) in [4.78, 5) is 24.5. The van der Waals surface area contributed by atoms with Gasteiger partial charge in [-0.15, -0.1) is 4.73 Å². The maximum atomic E-state index is 13.6. The van der Waals surface area contributed by atoms with Crippen LogP contribution in [0.2, 0.25) is 0 Å². The second-order valence-electron chi connectivity index (χ2n) is 6.92. The van der Waals surface area contributed by atoms with Crippen LogP contribution in [0.25, 0.3) is 0 Å². The van der Waals surface area contributed by atoms with Crippen molar-refractivity contribution in [2.24, 2.45) is 4.99 Å². The van der Waals surface area contributed by atoms with E-state index in [1.807, 2.05) is 6.92 Å². The zero-order valence-corrected chi connectivity index (χ0v) is 16.1. The van der Waals surface area contributed by atoms with E-state index in [9.17, 15) is 22.4 Å². The highest BCUT2D eigenvalue weighted by Gasteiger charge is 2.45. The molecular formula is C21H16F4N4O2. The summed E-state index contributed by atoms with van der Waals surface area (Å²) < 4.78 is 52.7. The van der Waals surface area contributed by atoms with Crippen molar-refractivity contribution in [1.29, 1.82) is 0 Å². The highest BCUT2D eigenvalue weighted by Crippen LogP contribution is 2.40. The molecule has 0 radical (unpaired) electrons. The second kappa shape index (κ2) is 7.86. The minimum atomic E-state index is -3.19. The van der Waals surface area contributed by atoms with Crippen molar-refractivity contribution in [3.05, 3.63) is 99.7 Å². The Kier molecular flexibility index (Phi) is 5.22. The van der Waals surface area contributed by atoms with E-state index in [2.05, 4.69) is 15.1 Å². The number of aromatic nitrogens is 2. The Balaban J connectivity index is 1.87. The molecule has 0 amide bonds. The first kappa shape index (κ1) is 20.6. The number of nitrogens with zero attached hydrogens (tertiary/aromatic N) is 3. The Morgan fingerprint density at radius 2 is 1.77 bits per heavy atom. The van der Waals surface area contributed by atoms with Crippen molar-refractivity contribution >= 4 is 5.84 Å². The van der Waals surface area contributed by atoms with Crippen molar-refractivity contribution in [3.8, 4) is 0 Å². The highest BCUT2D eigenvalue weighted by molar-refractivity contribution is 6.00. The Labute approximate surface area is 173 Å². The lowest BCUT2D eigenvalue weighted by Gasteiger charge is -2.31. The Bertz CT molecular complexity index is 1130. The van der Waals surface area contributed by atoms with Gasteiger partial charge in [-0.3, -0.25) is 4.79 Å². The van der Waals surface area contributed by atoms with Crippen LogP contribution in [-0.4, -0.2) is 28.2 Å². The van der Waals surface area contributed by atoms with E-state index in [0.717, 1.165) is 12.3 Å². The number of alkyl halides is 2. The van der Waals surface area contributed by atoms with Gasteiger partial charge < -0.3 is 10.2 Å². The molecule has 6 nitrogen and oxygen atoms in total. The molecule has 3 aromatic rings. The van der Waals surface area contributed by atoms with Crippen LogP contribution in [0.1, 0.15) is 23.6 Å². The molecule has 0 bridgehead atoms. The largest absolute Gasteiger partial charge is 0.405 e. The predicted molar refractivity (Wildman–Crippen MR) is 104 cm³/mol. The summed E-state index contributed by atoms with van der Waals surface area (Å²) in [6.07, 6.45) is 2.43. The number of halogens is 4. The molecule has 4 rings (SSSR count). The molecule has 2 aromatic heterocycles. The van der Waals surface area contributed by atoms with Gasteiger partial charge in [0.2, 0.25) is 5.95 Å². The SMILES string of the molecule is C[C@@H]1NC(c2ccc(=O)n(OC(F)F)c2)=N[C@@]1(c1ccc(F)cc1)c1ccc(F)nc1. The number of hydrogen-bond acceptors (Lipinski definition) is 5. The summed E-state index contributed by atoms with van der Waals surface area (Å²) >= 11 is 0. The molecule has 0 fully saturated rings. The average Bonchev–Trinajstić information content (AvgIpc) is 3.08. The van der Waals surface area contributed by atoms with Gasteiger partial charge in [0.25, 0.3) is 5.56 Å². The Morgan fingerprint density at radius 1 is 1.06 bits per heavy atom. The van der Waals surface area contributed by atoms with E-state index >= 15 is 0 Å². The fourth-order valence-corrected chi connectivity index (χ4v) is 3.64. The zero-order chi connectivity index (χ0) is 22.2. The number of rotatable bonds is 5. The molecule has 0 spiro atoms. The predicted octanol–water partition coefficient (Wildman–Crippen LogP) is 2.85. The van der Waals surface area contributed by atoms with Gasteiger partial charge in [0.15, 0.2) is 0 Å². The minimum Gasteiger partial charge on any atom is -0.364 e. The second-order valence-corrected chi connectivity index (χ2v) is 6.92. The van der Waals surface area contributed by atoms with Crippen molar-refractivity contribution in [2.75, 3.05) is 0 Å². The fraction of sp³-hybridized carbons (Fsp3) is 0.190. The third-order valence-corrected chi connectivity index (χ3v) is 5.07. The zero-order valence-electron chi connectivity index (χ0n) is 16.1. The fourth-order valence-electron chi connectivity index (χ4n) is 3.64. The van der Waals surface area contributed by atoms with E-state index < -0.39 is 35.5 Å². The summed E-state index contributed by atoms with van der Waals surface area (Å²) in [5.41, 5.74) is -0.439. The van der Waals surface area contributed by atoms with Crippen LogP contribution in [0, 0.1) is 11.8 Å². The van der Waals surface area contributed by atoms with Crippen LogP contribution in [0.15, 0.2) is 70.7 Å². The van der Waals surface area contributed by atoms with Crippen LogP contribution >= 0.6 is 0 Å². The summed E-state index contributed by atoms with van der Waals surface area (Å²) in [5, 5.41) is 3.16. The molecule has 0 aliphatic carbocycles. The normalized spacial score (nSPS) is 20.5. The van der Waals surface area contributed by atoms with Crippen LogP contribution < -0.4 is 15.7 Å². The lowest BCUT2D eigenvalue weighted by molar-refractivity contribution is -0.135. The molecule has 1 aliphatic rings. The Hall–Kier alpha value is -3.69. The maximum Gasteiger partial charge on any atom is 0.405 e. The number of nitrogens with one attached hydrogen (secondary N) is 1. The van der Waals surface area contributed by atoms with E-state index in [4.69, 9.17) is 4.99 Å². The van der Waals surface area contributed by atoms with Crippen LogP contribution in [0.5, 0.6) is 0 Å². The maximum absolute atomic E-state index is 13.6. The van der Waals surface area contributed by atoms with Crippen molar-refractivity contribution in [1.82, 2.24) is 15.0 Å². The monoisotopic (exact) mass is 432 g/mol. The summed E-state index contributed by atoms with van der Waals surface area (Å²) in [6.45, 7) is -1.37. The first-order chi connectivity index (χ1) is 14.8. The smallest absolute Gasteiger partial charge is 0.364 e. The molecule has 10 heteroatoms. The number of hydrogen-bond donors (Lipinski definition) is 1. The third kappa shape index (κ3) is 3.76. The molecule has 1 aromatic carbocycles. The highest BCUT2D eigenvalue weighted by atomic mass is 19.3. The average molecular weight is 432 g/mol. The summed E-state index contributed by atoms with van der Waals surface area (Å²) in [7, 11) is 0. The van der Waals surface area contributed by atoms with Gasteiger partial charge in [0.05, 0.1) is 12.2 Å². The molecular weight excluding hydrogens is 416 g/mol. The van der Waals surface area contributed by atoms with E-state index in [0.29, 0.717) is 21.4 Å². The molecule has 1 aliphatic heterocycles. The van der Waals surface area contributed by atoms with Crippen LogP contribution in [0.4, 0.5) is 17.6 Å². The van der Waals surface area contributed by atoms with Gasteiger partial charge in [-0.25, -0.2) is 14.4 Å². The van der Waals surface area contributed by atoms with Gasteiger partial charge in [-0.05, 0) is 36.8 Å². The first-order valence-electron chi connectivity index (χ1n) is 9.22. The molecule has 2 atom stereocenters. The molecule has 31 heavy (non-hydrogen) atoms. The quantitative estimate of drug-likeness (QED) is 0.497. The van der Waals surface area contributed by atoms with E-state index in [-0.39, 0.29) is 5.84 Å². The summed E-state index contributed by atoms with van der Waals surface area (Å²) in [6, 6.07) is 10.5.